The van der Waals surface area contributed by atoms with E-state index in [0.29, 0.717) is 12.3 Å². The lowest BCUT2D eigenvalue weighted by molar-refractivity contribution is -0.137. The Morgan fingerprint density at radius 2 is 2.53 bits per heavy atom. The summed E-state index contributed by atoms with van der Waals surface area (Å²) in [4.78, 5) is 23.1. The van der Waals surface area contributed by atoms with Crippen LogP contribution in [0.5, 0.6) is 0 Å². The Labute approximate surface area is 85.5 Å². The van der Waals surface area contributed by atoms with Gasteiger partial charge < -0.3 is 19.7 Å². The molecule has 0 radical (unpaired) electrons. The van der Waals surface area contributed by atoms with Gasteiger partial charge in [0, 0.05) is 6.54 Å². The van der Waals surface area contributed by atoms with Crippen LogP contribution in [0.1, 0.15) is 11.8 Å². The predicted molar refractivity (Wildman–Crippen MR) is 49.2 cm³/mol. The van der Waals surface area contributed by atoms with Gasteiger partial charge in [0.25, 0.3) is 0 Å². The van der Waals surface area contributed by atoms with Gasteiger partial charge in [0.1, 0.15) is 18.3 Å². The topological polar surface area (TPSA) is 82.8 Å². The minimum atomic E-state index is -1.04. The van der Waals surface area contributed by atoms with E-state index in [0.717, 1.165) is 0 Å². The highest BCUT2D eigenvalue weighted by Gasteiger charge is 2.34. The van der Waals surface area contributed by atoms with Crippen LogP contribution in [0.25, 0.3) is 0 Å². The SMILES string of the molecule is O=C(O)CN1C(=O)NCC1c1ccco1. The van der Waals surface area contributed by atoms with Crippen molar-refractivity contribution in [3.63, 3.8) is 0 Å². The zero-order valence-electron chi connectivity index (χ0n) is 7.84. The molecule has 0 saturated carbocycles. The minimum Gasteiger partial charge on any atom is -0.480 e. The first-order chi connectivity index (χ1) is 7.18. The molecule has 1 aromatic rings. The summed E-state index contributed by atoms with van der Waals surface area (Å²) >= 11 is 0. The molecule has 2 amide bonds. The molecule has 0 spiro atoms. The second-order valence-electron chi connectivity index (χ2n) is 3.24. The fraction of sp³-hybridized carbons (Fsp3) is 0.333. The Bertz CT molecular complexity index is 373. The molecular formula is C9H10N2O4. The van der Waals surface area contributed by atoms with E-state index in [-0.39, 0.29) is 18.6 Å². The first-order valence-corrected chi connectivity index (χ1v) is 4.48. The van der Waals surface area contributed by atoms with Crippen molar-refractivity contribution in [3.8, 4) is 0 Å². The molecule has 80 valence electrons. The van der Waals surface area contributed by atoms with Crippen LogP contribution in [0.4, 0.5) is 4.79 Å². The second-order valence-corrected chi connectivity index (χ2v) is 3.24. The highest BCUT2D eigenvalue weighted by molar-refractivity contribution is 5.82. The van der Waals surface area contributed by atoms with Crippen molar-refractivity contribution in [1.82, 2.24) is 10.2 Å². The number of carbonyl (C=O) groups is 2. The van der Waals surface area contributed by atoms with E-state index in [2.05, 4.69) is 5.32 Å². The van der Waals surface area contributed by atoms with E-state index in [1.54, 1.807) is 12.1 Å². The van der Waals surface area contributed by atoms with Gasteiger partial charge in [0.05, 0.1) is 6.26 Å². The van der Waals surface area contributed by atoms with E-state index in [1.165, 1.54) is 11.2 Å². The maximum Gasteiger partial charge on any atom is 0.323 e. The van der Waals surface area contributed by atoms with Crippen molar-refractivity contribution in [3.05, 3.63) is 24.2 Å². The number of rotatable bonds is 3. The number of carboxylic acids is 1. The molecule has 2 rings (SSSR count). The number of hydrogen-bond donors (Lipinski definition) is 2. The van der Waals surface area contributed by atoms with Crippen molar-refractivity contribution < 1.29 is 19.1 Å². The van der Waals surface area contributed by atoms with Crippen LogP contribution < -0.4 is 5.32 Å². The minimum absolute atomic E-state index is 0.322. The van der Waals surface area contributed by atoms with Crippen molar-refractivity contribution in [1.29, 1.82) is 0 Å². The first kappa shape index (κ1) is 9.57. The Hall–Kier alpha value is -1.98. The number of nitrogens with one attached hydrogen (secondary N) is 1. The van der Waals surface area contributed by atoms with Crippen molar-refractivity contribution in [2.24, 2.45) is 0 Å². The fourth-order valence-electron chi connectivity index (χ4n) is 1.60. The predicted octanol–water partition coefficient (Wildman–Crippen LogP) is 0.430. The standard InChI is InChI=1S/C9H10N2O4/c12-8(13)5-11-6(4-10-9(11)14)7-2-1-3-15-7/h1-3,6H,4-5H2,(H,10,14)(H,12,13). The molecule has 1 saturated heterocycles. The molecule has 1 fully saturated rings. The number of carbonyl (C=O) groups excluding carboxylic acids is 1. The Kier molecular flexibility index (Phi) is 2.32. The highest BCUT2D eigenvalue weighted by atomic mass is 16.4. The maximum atomic E-state index is 11.3. The van der Waals surface area contributed by atoms with E-state index >= 15 is 0 Å². The molecule has 1 aliphatic heterocycles. The Morgan fingerprint density at radius 3 is 3.13 bits per heavy atom. The fourth-order valence-corrected chi connectivity index (χ4v) is 1.60. The van der Waals surface area contributed by atoms with Crippen LogP contribution >= 0.6 is 0 Å². The van der Waals surface area contributed by atoms with Crippen LogP contribution in [0.3, 0.4) is 0 Å². The maximum absolute atomic E-state index is 11.3. The van der Waals surface area contributed by atoms with Gasteiger partial charge in [0.2, 0.25) is 0 Å². The summed E-state index contributed by atoms with van der Waals surface area (Å²) in [5, 5.41) is 11.2. The molecule has 6 heteroatoms. The van der Waals surface area contributed by atoms with Crippen molar-refractivity contribution in [2.75, 3.05) is 13.1 Å². The van der Waals surface area contributed by atoms with Gasteiger partial charge in [-0.25, -0.2) is 4.79 Å². The number of furan rings is 1. The highest BCUT2D eigenvalue weighted by Crippen LogP contribution is 2.24. The lowest BCUT2D eigenvalue weighted by Crippen LogP contribution is -2.34. The smallest absolute Gasteiger partial charge is 0.323 e. The summed E-state index contributed by atoms with van der Waals surface area (Å²) < 4.78 is 5.15. The number of hydrogen-bond acceptors (Lipinski definition) is 3. The third-order valence-electron chi connectivity index (χ3n) is 2.26. The average Bonchev–Trinajstić information content (AvgIpc) is 2.76. The number of nitrogens with zero attached hydrogens (tertiary/aromatic N) is 1. The molecule has 1 unspecified atom stereocenters. The summed E-state index contributed by atoms with van der Waals surface area (Å²) in [6.07, 6.45) is 1.50. The summed E-state index contributed by atoms with van der Waals surface area (Å²) in [6, 6.07) is 2.72. The Balaban J connectivity index is 2.18. The lowest BCUT2D eigenvalue weighted by atomic mass is 10.2. The molecule has 0 aliphatic carbocycles. The number of urea groups is 1. The van der Waals surface area contributed by atoms with Crippen LogP contribution in [0, 0.1) is 0 Å². The summed E-state index contributed by atoms with van der Waals surface area (Å²) in [7, 11) is 0. The van der Waals surface area contributed by atoms with E-state index in [9.17, 15) is 9.59 Å². The number of amides is 2. The monoisotopic (exact) mass is 210 g/mol. The largest absolute Gasteiger partial charge is 0.480 e. The third-order valence-corrected chi connectivity index (χ3v) is 2.26. The van der Waals surface area contributed by atoms with Crippen LogP contribution in [0.15, 0.2) is 22.8 Å². The summed E-state index contributed by atoms with van der Waals surface area (Å²) in [5.41, 5.74) is 0. The van der Waals surface area contributed by atoms with Gasteiger partial charge in [-0.15, -0.1) is 0 Å². The Morgan fingerprint density at radius 1 is 1.73 bits per heavy atom. The molecular weight excluding hydrogens is 200 g/mol. The first-order valence-electron chi connectivity index (χ1n) is 4.48. The van der Waals surface area contributed by atoms with E-state index < -0.39 is 5.97 Å². The average molecular weight is 210 g/mol. The van der Waals surface area contributed by atoms with Gasteiger partial charge in [-0.1, -0.05) is 0 Å². The quantitative estimate of drug-likeness (QED) is 0.757. The third kappa shape index (κ3) is 1.78. The van der Waals surface area contributed by atoms with E-state index in [4.69, 9.17) is 9.52 Å². The molecule has 1 atom stereocenters. The van der Waals surface area contributed by atoms with Gasteiger partial charge in [0.15, 0.2) is 0 Å². The normalized spacial score (nSPS) is 20.4. The van der Waals surface area contributed by atoms with Gasteiger partial charge in [-0.05, 0) is 12.1 Å². The number of carboxylic acid groups (broad SMARTS) is 1. The number of aliphatic carboxylic acids is 1. The van der Waals surface area contributed by atoms with Crippen LogP contribution in [-0.4, -0.2) is 35.1 Å². The molecule has 0 bridgehead atoms. The zero-order chi connectivity index (χ0) is 10.8. The molecule has 1 aromatic heterocycles. The molecule has 6 nitrogen and oxygen atoms in total. The molecule has 2 N–H and O–H groups in total. The zero-order valence-corrected chi connectivity index (χ0v) is 7.84. The molecule has 0 aromatic carbocycles. The molecule has 15 heavy (non-hydrogen) atoms. The molecule has 1 aliphatic rings. The summed E-state index contributed by atoms with van der Waals surface area (Å²) in [6.45, 7) is 0.0524. The van der Waals surface area contributed by atoms with Crippen molar-refractivity contribution >= 4 is 12.0 Å². The lowest BCUT2D eigenvalue weighted by Gasteiger charge is -2.18. The second kappa shape index (κ2) is 3.64. The summed E-state index contributed by atoms with van der Waals surface area (Å²) in [5.74, 6) is -0.446. The van der Waals surface area contributed by atoms with E-state index in [1.807, 2.05) is 0 Å². The van der Waals surface area contributed by atoms with Gasteiger partial charge in [-0.3, -0.25) is 4.79 Å². The molecule has 2 heterocycles. The van der Waals surface area contributed by atoms with Crippen molar-refractivity contribution in [2.45, 2.75) is 6.04 Å². The van der Waals surface area contributed by atoms with Crippen LogP contribution in [-0.2, 0) is 4.79 Å². The van der Waals surface area contributed by atoms with Crippen LogP contribution in [0.2, 0.25) is 0 Å². The van der Waals surface area contributed by atoms with Gasteiger partial charge >= 0.3 is 12.0 Å². The van der Waals surface area contributed by atoms with Gasteiger partial charge in [-0.2, -0.15) is 0 Å².